The molecule has 0 aliphatic carbocycles. The Morgan fingerprint density at radius 1 is 0.719 bits per heavy atom. The minimum absolute atomic E-state index is 0.954. The molecule has 3 heteroatoms. The summed E-state index contributed by atoms with van der Waals surface area (Å²) in [6.07, 6.45) is 8.25. The number of rotatable bonds is 3. The second-order valence-electron chi connectivity index (χ2n) is 8.11. The Morgan fingerprint density at radius 3 is 2.12 bits per heavy atom. The Labute approximate surface area is 186 Å². The first-order chi connectivity index (χ1) is 15.8. The number of nitrogens with zero attached hydrogens (tertiary/aromatic N) is 3. The number of benzene rings is 3. The molecule has 0 spiro atoms. The molecule has 3 heterocycles. The number of hydrogen-bond donors (Lipinski definition) is 0. The van der Waals surface area contributed by atoms with Crippen molar-refractivity contribution in [2.75, 3.05) is 0 Å². The summed E-state index contributed by atoms with van der Waals surface area (Å²) >= 11 is 0. The van der Waals surface area contributed by atoms with Gasteiger partial charge in [0.05, 0.1) is 22.2 Å². The molecule has 0 saturated heterocycles. The van der Waals surface area contributed by atoms with E-state index in [-0.39, 0.29) is 0 Å². The summed E-state index contributed by atoms with van der Waals surface area (Å²) in [4.78, 5) is 4.85. The molecule has 3 nitrogen and oxygen atoms in total. The second kappa shape index (κ2) is 7.47. The monoisotopic (exact) mass is 412 g/mol. The van der Waals surface area contributed by atoms with Crippen molar-refractivity contribution in [2.45, 2.75) is 0 Å². The van der Waals surface area contributed by atoms with Gasteiger partial charge in [-0.2, -0.15) is 0 Å². The van der Waals surface area contributed by atoms with Crippen molar-refractivity contribution in [1.82, 2.24) is 9.55 Å². The first kappa shape index (κ1) is 18.5. The van der Waals surface area contributed by atoms with E-state index in [1.165, 1.54) is 21.8 Å². The van der Waals surface area contributed by atoms with Gasteiger partial charge in [0.2, 0.25) is 0 Å². The lowest BCUT2D eigenvalue weighted by Crippen LogP contribution is -2.25. The highest BCUT2D eigenvalue weighted by molar-refractivity contribution is 6.09. The van der Waals surface area contributed by atoms with Gasteiger partial charge in [0.15, 0.2) is 12.4 Å². The van der Waals surface area contributed by atoms with Gasteiger partial charge in [-0.25, -0.2) is 9.55 Å². The maximum Gasteiger partial charge on any atom is 0.169 e. The molecule has 3 aromatic heterocycles. The van der Waals surface area contributed by atoms with Crippen LogP contribution in [-0.4, -0.2) is 9.55 Å². The molecule has 0 aliphatic rings. The lowest BCUT2D eigenvalue weighted by atomic mass is 10.1. The molecule has 0 N–H and O–H groups in total. The van der Waals surface area contributed by atoms with E-state index in [1.807, 2.05) is 24.0 Å². The summed E-state index contributed by atoms with van der Waals surface area (Å²) in [6, 6.07) is 32.1. The highest BCUT2D eigenvalue weighted by Gasteiger charge is 2.11. The van der Waals surface area contributed by atoms with E-state index < -0.39 is 0 Å². The zero-order valence-electron chi connectivity index (χ0n) is 17.8. The van der Waals surface area contributed by atoms with Gasteiger partial charge in [-0.05, 0) is 48.0 Å². The first-order valence-corrected chi connectivity index (χ1v) is 10.8. The van der Waals surface area contributed by atoms with Crippen LogP contribution in [-0.2, 0) is 7.05 Å². The molecule has 3 aromatic carbocycles. The average Bonchev–Trinajstić information content (AvgIpc) is 3.18. The van der Waals surface area contributed by atoms with E-state index in [1.54, 1.807) is 0 Å². The molecule has 152 valence electrons. The molecule has 0 radical (unpaired) electrons. The normalized spacial score (nSPS) is 11.8. The maximum absolute atomic E-state index is 4.85. The highest BCUT2D eigenvalue weighted by Crippen LogP contribution is 2.32. The molecule has 0 atom stereocenters. The third-order valence-electron chi connectivity index (χ3n) is 5.98. The predicted octanol–water partition coefficient (Wildman–Crippen LogP) is 6.33. The zero-order chi connectivity index (χ0) is 21.5. The van der Waals surface area contributed by atoms with Crippen LogP contribution in [0.4, 0.5) is 0 Å². The van der Waals surface area contributed by atoms with E-state index in [0.29, 0.717) is 0 Å². The minimum Gasteiger partial charge on any atom is -0.309 e. The molecule has 0 aliphatic heterocycles. The van der Waals surface area contributed by atoms with Crippen LogP contribution in [0.1, 0.15) is 11.3 Å². The smallest absolute Gasteiger partial charge is 0.169 e. The molecular weight excluding hydrogens is 390 g/mol. The average molecular weight is 413 g/mol. The summed E-state index contributed by atoms with van der Waals surface area (Å²) in [5.41, 5.74) is 6.70. The fourth-order valence-electron chi connectivity index (χ4n) is 4.37. The largest absolute Gasteiger partial charge is 0.309 e. The Hall–Kier alpha value is -4.24. The van der Waals surface area contributed by atoms with Crippen LogP contribution in [0, 0.1) is 0 Å². The van der Waals surface area contributed by atoms with Crippen LogP contribution in [0.15, 0.2) is 103 Å². The third-order valence-corrected chi connectivity index (χ3v) is 5.98. The van der Waals surface area contributed by atoms with Gasteiger partial charge in [0.1, 0.15) is 7.05 Å². The van der Waals surface area contributed by atoms with Crippen LogP contribution in [0.5, 0.6) is 0 Å². The number of hydrogen-bond acceptors (Lipinski definition) is 1. The Morgan fingerprint density at radius 2 is 1.41 bits per heavy atom. The molecule has 0 amide bonds. The highest BCUT2D eigenvalue weighted by atomic mass is 15.0. The topological polar surface area (TPSA) is 21.7 Å². The SMILES string of the molecule is C[n+]1ccc(C=Cc2ccc3cc(-n4c5ccccc5c5ccccc54)ccc3n2)cc1. The number of aromatic nitrogens is 3. The van der Waals surface area contributed by atoms with Crippen molar-refractivity contribution in [3.63, 3.8) is 0 Å². The number of fused-ring (bicyclic) bond motifs is 4. The molecule has 6 aromatic rings. The Balaban J connectivity index is 1.43. The molecule has 0 unspecified atom stereocenters. The lowest BCUT2D eigenvalue weighted by Gasteiger charge is -2.09. The molecule has 32 heavy (non-hydrogen) atoms. The fraction of sp³-hybridized carbons (Fsp3) is 0.0345. The van der Waals surface area contributed by atoms with Crippen molar-refractivity contribution in [3.05, 3.63) is 115 Å². The van der Waals surface area contributed by atoms with Crippen LogP contribution in [0.25, 0.3) is 50.5 Å². The van der Waals surface area contributed by atoms with Crippen molar-refractivity contribution in [3.8, 4) is 5.69 Å². The van der Waals surface area contributed by atoms with Gasteiger partial charge >= 0.3 is 0 Å². The van der Waals surface area contributed by atoms with Gasteiger partial charge in [0.25, 0.3) is 0 Å². The maximum atomic E-state index is 4.85. The van der Waals surface area contributed by atoms with Crippen LogP contribution in [0.2, 0.25) is 0 Å². The van der Waals surface area contributed by atoms with E-state index in [4.69, 9.17) is 4.98 Å². The van der Waals surface area contributed by atoms with Gasteiger partial charge in [-0.15, -0.1) is 0 Å². The van der Waals surface area contributed by atoms with E-state index in [9.17, 15) is 0 Å². The fourth-order valence-corrected chi connectivity index (χ4v) is 4.37. The predicted molar refractivity (Wildman–Crippen MR) is 133 cm³/mol. The number of para-hydroxylation sites is 2. The molecule has 0 fully saturated rings. The van der Waals surface area contributed by atoms with Crippen molar-refractivity contribution in [2.24, 2.45) is 7.05 Å². The van der Waals surface area contributed by atoms with E-state index >= 15 is 0 Å². The molecule has 0 bridgehead atoms. The summed E-state index contributed by atoms with van der Waals surface area (Å²) in [5, 5.41) is 3.68. The van der Waals surface area contributed by atoms with Crippen LogP contribution >= 0.6 is 0 Å². The van der Waals surface area contributed by atoms with Gasteiger partial charge in [0, 0.05) is 34.0 Å². The third kappa shape index (κ3) is 3.15. The first-order valence-electron chi connectivity index (χ1n) is 10.8. The minimum atomic E-state index is 0.954. The molecule has 6 rings (SSSR count). The van der Waals surface area contributed by atoms with E-state index in [0.717, 1.165) is 27.8 Å². The van der Waals surface area contributed by atoms with Gasteiger partial charge < -0.3 is 4.57 Å². The Kier molecular flexibility index (Phi) is 4.32. The molecule has 0 saturated carbocycles. The van der Waals surface area contributed by atoms with Gasteiger partial charge in [-0.3, -0.25) is 0 Å². The summed E-state index contributed by atoms with van der Waals surface area (Å²) < 4.78 is 4.37. The van der Waals surface area contributed by atoms with Crippen LogP contribution in [0.3, 0.4) is 0 Å². The summed E-state index contributed by atoms with van der Waals surface area (Å²) in [5.74, 6) is 0. The lowest BCUT2D eigenvalue weighted by molar-refractivity contribution is -0.671. The number of pyridine rings is 2. The summed E-state index contributed by atoms with van der Waals surface area (Å²) in [7, 11) is 2.02. The Bertz CT molecular complexity index is 1570. The quantitative estimate of drug-likeness (QED) is 0.311. The van der Waals surface area contributed by atoms with Crippen molar-refractivity contribution in [1.29, 1.82) is 0 Å². The van der Waals surface area contributed by atoms with Crippen molar-refractivity contribution >= 4 is 44.9 Å². The van der Waals surface area contributed by atoms with Crippen LogP contribution < -0.4 is 4.57 Å². The van der Waals surface area contributed by atoms with Gasteiger partial charge in [-0.1, -0.05) is 48.5 Å². The van der Waals surface area contributed by atoms with Crippen molar-refractivity contribution < 1.29 is 4.57 Å². The number of aryl methyl sites for hydroxylation is 1. The molecular formula is C29H22N3+. The zero-order valence-corrected chi connectivity index (χ0v) is 17.8. The standard InChI is InChI=1S/C29H22N3/c1-31-18-16-21(17-19-31)10-12-23-13-11-22-20-24(14-15-27(22)30-23)32-28-8-4-2-6-25(28)26-7-3-5-9-29(26)32/h2-20H,1H3/q+1. The summed E-state index contributed by atoms with van der Waals surface area (Å²) in [6.45, 7) is 0. The van der Waals surface area contributed by atoms with E-state index in [2.05, 4.69) is 108 Å². The second-order valence-corrected chi connectivity index (χ2v) is 8.11.